The second kappa shape index (κ2) is 10.7. The lowest BCUT2D eigenvalue weighted by molar-refractivity contribution is 0.0525. The third kappa shape index (κ3) is 5.17. The molecule has 0 spiro atoms. The van der Waals surface area contributed by atoms with E-state index in [0.717, 1.165) is 11.1 Å². The fourth-order valence-corrected chi connectivity index (χ4v) is 4.64. The number of esters is 1. The molecule has 7 nitrogen and oxygen atoms in total. The standard InChI is InChI=1S/C27H26N4O3S/c1-5-34-26(33)21-16(2)22(28-17(21)3)25(32)18(4)35-27-29-23(19-12-8-6-9-13-19)24(30-31-27)20-14-10-7-11-15-20/h6-15,18,28H,5H2,1-4H3/t18-/m0/s1. The minimum atomic E-state index is -0.505. The van der Waals surface area contributed by atoms with Crippen molar-refractivity contribution in [3.63, 3.8) is 0 Å². The molecule has 0 radical (unpaired) electrons. The number of aromatic nitrogens is 4. The number of rotatable bonds is 8. The second-order valence-electron chi connectivity index (χ2n) is 7.99. The van der Waals surface area contributed by atoms with Gasteiger partial charge in [0.1, 0.15) is 11.4 Å². The number of thioether (sulfide) groups is 1. The van der Waals surface area contributed by atoms with Gasteiger partial charge >= 0.3 is 5.97 Å². The summed E-state index contributed by atoms with van der Waals surface area (Å²) in [5.41, 5.74) is 5.19. The van der Waals surface area contributed by atoms with Gasteiger partial charge < -0.3 is 9.72 Å². The van der Waals surface area contributed by atoms with E-state index < -0.39 is 11.2 Å². The van der Waals surface area contributed by atoms with Crippen LogP contribution < -0.4 is 0 Å². The van der Waals surface area contributed by atoms with Crippen LogP contribution in [0.4, 0.5) is 0 Å². The number of ether oxygens (including phenoxy) is 1. The molecule has 0 fully saturated rings. The second-order valence-corrected chi connectivity index (χ2v) is 9.30. The van der Waals surface area contributed by atoms with Crippen LogP contribution in [0.3, 0.4) is 0 Å². The Bertz CT molecular complexity index is 1350. The highest BCUT2D eigenvalue weighted by Crippen LogP contribution is 2.31. The van der Waals surface area contributed by atoms with Crippen molar-refractivity contribution in [2.75, 3.05) is 6.61 Å². The summed E-state index contributed by atoms with van der Waals surface area (Å²) in [6, 6.07) is 19.6. The van der Waals surface area contributed by atoms with E-state index in [0.29, 0.717) is 39.1 Å². The monoisotopic (exact) mass is 486 g/mol. The molecule has 0 saturated carbocycles. The molecule has 4 rings (SSSR count). The third-order valence-corrected chi connectivity index (χ3v) is 6.53. The highest BCUT2D eigenvalue weighted by Gasteiger charge is 2.27. The quantitative estimate of drug-likeness (QED) is 0.194. The average Bonchev–Trinajstić information content (AvgIpc) is 3.18. The van der Waals surface area contributed by atoms with Gasteiger partial charge in [-0.05, 0) is 33.3 Å². The average molecular weight is 487 g/mol. The van der Waals surface area contributed by atoms with Crippen molar-refractivity contribution < 1.29 is 14.3 Å². The van der Waals surface area contributed by atoms with E-state index in [1.54, 1.807) is 27.7 Å². The number of hydrogen-bond acceptors (Lipinski definition) is 7. The van der Waals surface area contributed by atoms with Crippen LogP contribution in [0, 0.1) is 13.8 Å². The number of H-pyrrole nitrogens is 1. The molecule has 4 aromatic rings. The van der Waals surface area contributed by atoms with Gasteiger partial charge in [-0.3, -0.25) is 4.79 Å². The van der Waals surface area contributed by atoms with E-state index in [4.69, 9.17) is 9.72 Å². The van der Waals surface area contributed by atoms with Gasteiger partial charge in [0.2, 0.25) is 5.16 Å². The van der Waals surface area contributed by atoms with E-state index in [1.807, 2.05) is 60.7 Å². The lowest BCUT2D eigenvalue weighted by Crippen LogP contribution is -2.16. The number of hydrogen-bond donors (Lipinski definition) is 1. The molecule has 2 aromatic heterocycles. The largest absolute Gasteiger partial charge is 0.462 e. The molecule has 1 atom stereocenters. The molecule has 0 aliphatic heterocycles. The highest BCUT2D eigenvalue weighted by atomic mass is 32.2. The van der Waals surface area contributed by atoms with Crippen LogP contribution >= 0.6 is 11.8 Å². The van der Waals surface area contributed by atoms with Crippen LogP contribution in [0.15, 0.2) is 65.8 Å². The minimum absolute atomic E-state index is 0.150. The number of aromatic amines is 1. The molecule has 0 aliphatic rings. The van der Waals surface area contributed by atoms with E-state index in [2.05, 4.69) is 15.2 Å². The summed E-state index contributed by atoms with van der Waals surface area (Å²) in [5, 5.41) is 8.69. The Morgan fingerprint density at radius 1 is 0.943 bits per heavy atom. The van der Waals surface area contributed by atoms with Crippen LogP contribution in [0.25, 0.3) is 22.5 Å². The molecule has 35 heavy (non-hydrogen) atoms. The van der Waals surface area contributed by atoms with Crippen molar-refractivity contribution in [2.45, 2.75) is 38.1 Å². The lowest BCUT2D eigenvalue weighted by Gasteiger charge is -2.12. The predicted octanol–water partition coefficient (Wildman–Crippen LogP) is 5.69. The zero-order valence-corrected chi connectivity index (χ0v) is 20.8. The predicted molar refractivity (Wildman–Crippen MR) is 137 cm³/mol. The molecule has 0 saturated heterocycles. The molecule has 8 heteroatoms. The summed E-state index contributed by atoms with van der Waals surface area (Å²) < 4.78 is 5.14. The molecule has 0 aliphatic carbocycles. The molecular weight excluding hydrogens is 460 g/mol. The van der Waals surface area contributed by atoms with Gasteiger partial charge in [-0.25, -0.2) is 9.78 Å². The van der Waals surface area contributed by atoms with E-state index in [-0.39, 0.29) is 12.4 Å². The van der Waals surface area contributed by atoms with Crippen molar-refractivity contribution in [1.82, 2.24) is 20.2 Å². The van der Waals surface area contributed by atoms with Crippen LogP contribution in [-0.2, 0) is 4.74 Å². The summed E-state index contributed by atoms with van der Waals surface area (Å²) in [5.74, 6) is -0.585. The molecular formula is C27H26N4O3S. The minimum Gasteiger partial charge on any atom is -0.462 e. The first-order valence-electron chi connectivity index (χ1n) is 11.3. The lowest BCUT2D eigenvalue weighted by atomic mass is 10.0. The van der Waals surface area contributed by atoms with Crippen molar-refractivity contribution in [3.05, 3.63) is 83.2 Å². The van der Waals surface area contributed by atoms with Gasteiger partial charge in [-0.15, -0.1) is 10.2 Å². The van der Waals surface area contributed by atoms with Crippen molar-refractivity contribution in [1.29, 1.82) is 0 Å². The van der Waals surface area contributed by atoms with Crippen molar-refractivity contribution in [2.24, 2.45) is 0 Å². The maximum Gasteiger partial charge on any atom is 0.340 e. The molecule has 0 bridgehead atoms. The van der Waals surface area contributed by atoms with E-state index >= 15 is 0 Å². The van der Waals surface area contributed by atoms with Crippen LogP contribution in [0.5, 0.6) is 0 Å². The Balaban J connectivity index is 1.64. The number of nitrogens with one attached hydrogen (secondary N) is 1. The molecule has 2 aromatic carbocycles. The Hall–Kier alpha value is -3.78. The van der Waals surface area contributed by atoms with Gasteiger partial charge in [-0.2, -0.15) is 0 Å². The van der Waals surface area contributed by atoms with E-state index in [1.165, 1.54) is 11.8 Å². The molecule has 178 valence electrons. The fourth-order valence-electron chi connectivity index (χ4n) is 3.87. The van der Waals surface area contributed by atoms with Crippen molar-refractivity contribution >= 4 is 23.5 Å². The maximum atomic E-state index is 13.3. The Morgan fingerprint density at radius 3 is 2.14 bits per heavy atom. The highest BCUT2D eigenvalue weighted by molar-refractivity contribution is 8.00. The number of carbonyl (C=O) groups is 2. The van der Waals surface area contributed by atoms with E-state index in [9.17, 15) is 9.59 Å². The first kappa shape index (κ1) is 24.3. The summed E-state index contributed by atoms with van der Waals surface area (Å²) >= 11 is 1.23. The Labute approximate surface area is 208 Å². The first-order valence-corrected chi connectivity index (χ1v) is 12.2. The zero-order valence-electron chi connectivity index (χ0n) is 20.0. The number of Topliss-reactive ketones (excluding diaryl/α,β-unsaturated/α-hetero) is 1. The van der Waals surface area contributed by atoms with Crippen molar-refractivity contribution in [3.8, 4) is 22.5 Å². The maximum absolute atomic E-state index is 13.3. The van der Waals surface area contributed by atoms with Gasteiger partial charge in [0, 0.05) is 16.8 Å². The van der Waals surface area contributed by atoms with Crippen LogP contribution in [0.2, 0.25) is 0 Å². The smallest absolute Gasteiger partial charge is 0.340 e. The number of aryl methyl sites for hydroxylation is 1. The van der Waals surface area contributed by atoms with Crippen LogP contribution in [-0.4, -0.2) is 43.8 Å². The number of nitrogens with zero attached hydrogens (tertiary/aromatic N) is 3. The normalized spacial score (nSPS) is 11.8. The summed E-state index contributed by atoms with van der Waals surface area (Å²) in [6.45, 7) is 7.32. The molecule has 1 N–H and O–H groups in total. The summed E-state index contributed by atoms with van der Waals surface area (Å²) in [7, 11) is 0. The third-order valence-electron chi connectivity index (χ3n) is 5.58. The SMILES string of the molecule is CCOC(=O)c1c(C)[nH]c(C(=O)[C@H](C)Sc2nnc(-c3ccccc3)c(-c3ccccc3)n2)c1C. The summed E-state index contributed by atoms with van der Waals surface area (Å²) in [6.07, 6.45) is 0. The molecule has 0 amide bonds. The number of benzene rings is 2. The number of carbonyl (C=O) groups excluding carboxylic acids is 2. The number of ketones is 1. The first-order chi connectivity index (χ1) is 16.9. The van der Waals surface area contributed by atoms with Gasteiger partial charge in [0.25, 0.3) is 0 Å². The zero-order chi connectivity index (χ0) is 24.9. The fraction of sp³-hybridized carbons (Fsp3) is 0.222. The Morgan fingerprint density at radius 2 is 1.54 bits per heavy atom. The molecule has 0 unspecified atom stereocenters. The van der Waals surface area contributed by atoms with Crippen LogP contribution in [0.1, 0.15) is 46.0 Å². The molecule has 2 heterocycles. The van der Waals surface area contributed by atoms with Gasteiger partial charge in [0.15, 0.2) is 5.78 Å². The Kier molecular flexibility index (Phi) is 7.41. The topological polar surface area (TPSA) is 97.8 Å². The van der Waals surface area contributed by atoms with Gasteiger partial charge in [-0.1, -0.05) is 72.4 Å². The van der Waals surface area contributed by atoms with Gasteiger partial charge in [0.05, 0.1) is 23.1 Å². The summed E-state index contributed by atoms with van der Waals surface area (Å²) in [4.78, 5) is 33.4.